The Bertz CT molecular complexity index is 569. The number of aromatic hydroxyl groups is 1. The van der Waals surface area contributed by atoms with Crippen LogP contribution in [0.4, 0.5) is 0 Å². The van der Waals surface area contributed by atoms with E-state index in [-0.39, 0.29) is 11.7 Å². The summed E-state index contributed by atoms with van der Waals surface area (Å²) >= 11 is 0. The first-order chi connectivity index (χ1) is 9.86. The summed E-state index contributed by atoms with van der Waals surface area (Å²) in [5, 5.41) is 21.8. The second-order valence-corrected chi connectivity index (χ2v) is 5.88. The first kappa shape index (κ1) is 15.4. The first-order valence-electron chi connectivity index (χ1n) is 7.22. The SMILES string of the molecule is Cc1cc(C(=O)NC2(C(=O)O)CCCCC2C)ccc1O. The summed E-state index contributed by atoms with van der Waals surface area (Å²) in [6.07, 6.45) is 3.03. The Kier molecular flexibility index (Phi) is 4.21. The number of aryl methyl sites for hydroxylation is 1. The number of aliphatic carboxylic acids is 1. The van der Waals surface area contributed by atoms with E-state index in [0.717, 1.165) is 19.3 Å². The highest BCUT2D eigenvalue weighted by atomic mass is 16.4. The minimum absolute atomic E-state index is 0.106. The molecule has 1 aromatic carbocycles. The van der Waals surface area contributed by atoms with Gasteiger partial charge in [-0.1, -0.05) is 19.8 Å². The Morgan fingerprint density at radius 2 is 2.05 bits per heavy atom. The van der Waals surface area contributed by atoms with Gasteiger partial charge in [0.15, 0.2) is 0 Å². The monoisotopic (exact) mass is 291 g/mol. The lowest BCUT2D eigenvalue weighted by molar-refractivity contribution is -0.148. The fourth-order valence-electron chi connectivity index (χ4n) is 2.98. The Labute approximate surface area is 124 Å². The molecule has 5 nitrogen and oxygen atoms in total. The summed E-state index contributed by atoms with van der Waals surface area (Å²) in [7, 11) is 0. The summed E-state index contributed by atoms with van der Waals surface area (Å²) in [6.45, 7) is 3.57. The quantitative estimate of drug-likeness (QED) is 0.798. The van der Waals surface area contributed by atoms with E-state index in [1.807, 2.05) is 6.92 Å². The van der Waals surface area contributed by atoms with Crippen molar-refractivity contribution < 1.29 is 19.8 Å². The number of benzene rings is 1. The fourth-order valence-corrected chi connectivity index (χ4v) is 2.98. The number of phenols is 1. The number of rotatable bonds is 3. The first-order valence-corrected chi connectivity index (χ1v) is 7.22. The van der Waals surface area contributed by atoms with E-state index in [2.05, 4.69) is 5.32 Å². The van der Waals surface area contributed by atoms with Crippen LogP contribution in [0.1, 0.15) is 48.5 Å². The second kappa shape index (κ2) is 5.76. The van der Waals surface area contributed by atoms with Gasteiger partial charge in [0.1, 0.15) is 11.3 Å². The maximum Gasteiger partial charge on any atom is 0.329 e. The van der Waals surface area contributed by atoms with Gasteiger partial charge in [-0.05, 0) is 49.4 Å². The van der Waals surface area contributed by atoms with Gasteiger partial charge in [-0.15, -0.1) is 0 Å². The highest BCUT2D eigenvalue weighted by molar-refractivity contribution is 5.98. The van der Waals surface area contributed by atoms with Gasteiger partial charge in [-0.2, -0.15) is 0 Å². The lowest BCUT2D eigenvalue weighted by Crippen LogP contribution is -2.60. The Hall–Kier alpha value is -2.04. The van der Waals surface area contributed by atoms with Crippen molar-refractivity contribution in [3.05, 3.63) is 29.3 Å². The van der Waals surface area contributed by atoms with E-state index < -0.39 is 17.4 Å². The summed E-state index contributed by atoms with van der Waals surface area (Å²) in [6, 6.07) is 4.51. The molecule has 1 aliphatic carbocycles. The van der Waals surface area contributed by atoms with E-state index in [0.29, 0.717) is 17.5 Å². The van der Waals surface area contributed by atoms with Crippen LogP contribution in [0.15, 0.2) is 18.2 Å². The number of carboxylic acids is 1. The van der Waals surface area contributed by atoms with Gasteiger partial charge in [0.25, 0.3) is 5.91 Å². The average molecular weight is 291 g/mol. The van der Waals surface area contributed by atoms with Gasteiger partial charge < -0.3 is 15.5 Å². The predicted molar refractivity (Wildman–Crippen MR) is 78.3 cm³/mol. The summed E-state index contributed by atoms with van der Waals surface area (Å²) in [4.78, 5) is 24.1. The fraction of sp³-hybridized carbons (Fsp3) is 0.500. The van der Waals surface area contributed by atoms with Crippen molar-refractivity contribution >= 4 is 11.9 Å². The number of hydrogen-bond acceptors (Lipinski definition) is 3. The molecular weight excluding hydrogens is 270 g/mol. The van der Waals surface area contributed by atoms with Crippen molar-refractivity contribution in [2.75, 3.05) is 0 Å². The number of carbonyl (C=O) groups excluding carboxylic acids is 1. The van der Waals surface area contributed by atoms with Crippen LogP contribution in [0, 0.1) is 12.8 Å². The molecule has 2 rings (SSSR count). The molecule has 114 valence electrons. The van der Waals surface area contributed by atoms with Crippen LogP contribution in [0.3, 0.4) is 0 Å². The predicted octanol–water partition coefficient (Wildman–Crippen LogP) is 2.46. The molecule has 0 aromatic heterocycles. The average Bonchev–Trinajstić information content (AvgIpc) is 2.44. The number of amides is 1. The summed E-state index contributed by atoms with van der Waals surface area (Å²) in [5.41, 5.74) is -0.242. The van der Waals surface area contributed by atoms with Crippen LogP contribution in [0.25, 0.3) is 0 Å². The molecule has 0 radical (unpaired) electrons. The summed E-state index contributed by atoms with van der Waals surface area (Å²) in [5.74, 6) is -1.37. The van der Waals surface area contributed by atoms with Crippen molar-refractivity contribution in [1.82, 2.24) is 5.32 Å². The van der Waals surface area contributed by atoms with Crippen molar-refractivity contribution in [2.45, 2.75) is 45.1 Å². The van der Waals surface area contributed by atoms with Gasteiger partial charge in [0, 0.05) is 5.56 Å². The highest BCUT2D eigenvalue weighted by Gasteiger charge is 2.46. The third-order valence-electron chi connectivity index (χ3n) is 4.48. The molecule has 0 spiro atoms. The molecule has 1 saturated carbocycles. The van der Waals surface area contributed by atoms with Gasteiger partial charge in [0.2, 0.25) is 0 Å². The topological polar surface area (TPSA) is 86.6 Å². The van der Waals surface area contributed by atoms with Crippen LogP contribution in [-0.2, 0) is 4.79 Å². The second-order valence-electron chi connectivity index (χ2n) is 5.88. The lowest BCUT2D eigenvalue weighted by Gasteiger charge is -2.39. The molecule has 5 heteroatoms. The molecule has 0 bridgehead atoms. The molecule has 1 amide bonds. The number of phenolic OH excluding ortho intramolecular Hbond substituents is 1. The van der Waals surface area contributed by atoms with Gasteiger partial charge >= 0.3 is 5.97 Å². The molecule has 21 heavy (non-hydrogen) atoms. The van der Waals surface area contributed by atoms with Crippen LogP contribution in [0.2, 0.25) is 0 Å². The van der Waals surface area contributed by atoms with E-state index in [1.54, 1.807) is 13.0 Å². The maximum atomic E-state index is 12.4. The van der Waals surface area contributed by atoms with Crippen molar-refractivity contribution in [3.63, 3.8) is 0 Å². The van der Waals surface area contributed by atoms with Crippen LogP contribution in [-0.4, -0.2) is 27.6 Å². The lowest BCUT2D eigenvalue weighted by atomic mass is 9.73. The smallest absolute Gasteiger partial charge is 0.329 e. The molecule has 1 aliphatic rings. The van der Waals surface area contributed by atoms with Crippen molar-refractivity contribution in [1.29, 1.82) is 0 Å². The maximum absolute atomic E-state index is 12.4. The zero-order valence-corrected chi connectivity index (χ0v) is 12.3. The molecule has 0 saturated heterocycles. The zero-order chi connectivity index (χ0) is 15.6. The number of carboxylic acid groups (broad SMARTS) is 1. The normalized spacial score (nSPS) is 25.3. The summed E-state index contributed by atoms with van der Waals surface area (Å²) < 4.78 is 0. The van der Waals surface area contributed by atoms with Crippen LogP contribution >= 0.6 is 0 Å². The largest absolute Gasteiger partial charge is 0.508 e. The zero-order valence-electron chi connectivity index (χ0n) is 12.3. The molecule has 0 aliphatic heterocycles. The Morgan fingerprint density at radius 1 is 1.33 bits per heavy atom. The molecule has 1 fully saturated rings. The molecule has 2 unspecified atom stereocenters. The van der Waals surface area contributed by atoms with Crippen molar-refractivity contribution in [3.8, 4) is 5.75 Å². The number of nitrogens with one attached hydrogen (secondary N) is 1. The van der Waals surface area contributed by atoms with Crippen LogP contribution < -0.4 is 5.32 Å². The third-order valence-corrected chi connectivity index (χ3v) is 4.48. The molecular formula is C16H21NO4. The number of hydrogen-bond donors (Lipinski definition) is 3. The van der Waals surface area contributed by atoms with E-state index in [1.165, 1.54) is 12.1 Å². The van der Waals surface area contributed by atoms with Crippen molar-refractivity contribution in [2.24, 2.45) is 5.92 Å². The van der Waals surface area contributed by atoms with E-state index in [4.69, 9.17) is 0 Å². The molecule has 0 heterocycles. The van der Waals surface area contributed by atoms with E-state index in [9.17, 15) is 19.8 Å². The standard InChI is InChI=1S/C16H21NO4/c1-10-9-12(6-7-13(10)18)14(19)17-16(15(20)21)8-4-3-5-11(16)2/h6-7,9,11,18H,3-5,8H2,1-2H3,(H,17,19)(H,20,21). The molecule has 3 N–H and O–H groups in total. The van der Waals surface area contributed by atoms with E-state index >= 15 is 0 Å². The minimum Gasteiger partial charge on any atom is -0.508 e. The third kappa shape index (κ3) is 2.86. The molecule has 1 aromatic rings. The van der Waals surface area contributed by atoms with Gasteiger partial charge in [-0.25, -0.2) is 4.79 Å². The highest BCUT2D eigenvalue weighted by Crippen LogP contribution is 2.34. The number of carbonyl (C=O) groups is 2. The Morgan fingerprint density at radius 3 is 2.62 bits per heavy atom. The van der Waals surface area contributed by atoms with Crippen LogP contribution in [0.5, 0.6) is 5.75 Å². The molecule has 2 atom stereocenters. The Balaban J connectivity index is 2.26. The van der Waals surface area contributed by atoms with Gasteiger partial charge in [-0.3, -0.25) is 4.79 Å². The minimum atomic E-state index is -1.19. The van der Waals surface area contributed by atoms with Gasteiger partial charge in [0.05, 0.1) is 0 Å².